The van der Waals surface area contributed by atoms with Crippen LogP contribution in [0.15, 0.2) is 28.7 Å². The van der Waals surface area contributed by atoms with Gasteiger partial charge in [-0.05, 0) is 43.7 Å². The largest absolute Gasteiger partial charge is 0.496 e. The maximum absolute atomic E-state index is 11.8. The lowest BCUT2D eigenvalue weighted by Gasteiger charge is -2.23. The van der Waals surface area contributed by atoms with Crippen molar-refractivity contribution in [3.05, 3.63) is 51.1 Å². The summed E-state index contributed by atoms with van der Waals surface area (Å²) in [6, 6.07) is 7.67. The third-order valence-corrected chi connectivity index (χ3v) is 4.08. The summed E-state index contributed by atoms with van der Waals surface area (Å²) < 4.78 is 6.37. The Morgan fingerprint density at radius 3 is 2.65 bits per heavy atom. The van der Waals surface area contributed by atoms with Crippen molar-refractivity contribution in [2.75, 3.05) is 19.1 Å². The summed E-state index contributed by atoms with van der Waals surface area (Å²) in [5, 5.41) is 0. The third-order valence-electron chi connectivity index (χ3n) is 3.58. The van der Waals surface area contributed by atoms with E-state index in [9.17, 15) is 4.79 Å². The van der Waals surface area contributed by atoms with Gasteiger partial charge in [-0.15, -0.1) is 0 Å². The zero-order valence-corrected chi connectivity index (χ0v) is 15.3. The lowest BCUT2D eigenvalue weighted by molar-refractivity contribution is 0.1000. The summed E-state index contributed by atoms with van der Waals surface area (Å²) in [5.74, 6) is 0.889. The molecule has 0 unspecified atom stereocenters. The Hall–Kier alpha value is -2.08. The average molecular weight is 378 g/mol. The molecule has 0 atom stereocenters. The highest BCUT2D eigenvalue weighted by molar-refractivity contribution is 9.10. The van der Waals surface area contributed by atoms with Crippen LogP contribution in [0.5, 0.6) is 5.75 Å². The summed E-state index contributed by atoms with van der Waals surface area (Å²) in [6.07, 6.45) is 0. The maximum Gasteiger partial charge on any atom is 0.252 e. The Bertz CT molecular complexity index is 747. The molecule has 0 aliphatic rings. The van der Waals surface area contributed by atoms with Gasteiger partial charge in [0.1, 0.15) is 11.6 Å². The van der Waals surface area contributed by atoms with Crippen molar-refractivity contribution >= 4 is 27.7 Å². The maximum atomic E-state index is 11.8. The van der Waals surface area contributed by atoms with Gasteiger partial charge in [0.05, 0.1) is 12.7 Å². The van der Waals surface area contributed by atoms with Crippen LogP contribution in [0.1, 0.15) is 27.2 Å². The number of nitrogens with zero attached hydrogens (tertiary/aromatic N) is 2. The van der Waals surface area contributed by atoms with Crippen LogP contribution in [0.25, 0.3) is 0 Å². The number of aromatic nitrogens is 1. The number of nitrogens with two attached hydrogens (primary N) is 1. The van der Waals surface area contributed by atoms with Gasteiger partial charge in [0.25, 0.3) is 5.91 Å². The van der Waals surface area contributed by atoms with Crippen molar-refractivity contribution in [3.8, 4) is 5.75 Å². The average Bonchev–Trinajstić information content (AvgIpc) is 2.46. The lowest BCUT2D eigenvalue weighted by Crippen LogP contribution is -2.25. The number of primary amides is 1. The number of halogens is 1. The Kier molecular flexibility index (Phi) is 5.26. The van der Waals surface area contributed by atoms with Crippen molar-refractivity contribution < 1.29 is 9.53 Å². The van der Waals surface area contributed by atoms with E-state index in [1.807, 2.05) is 50.1 Å². The van der Waals surface area contributed by atoms with E-state index < -0.39 is 5.91 Å². The molecule has 6 heteroatoms. The molecular weight excluding hydrogens is 358 g/mol. The number of aryl methyl sites for hydroxylation is 2. The van der Waals surface area contributed by atoms with Crippen molar-refractivity contribution in [1.29, 1.82) is 0 Å². The number of hydrogen-bond donors (Lipinski definition) is 1. The normalized spacial score (nSPS) is 10.5. The Morgan fingerprint density at radius 2 is 2.04 bits per heavy atom. The number of hydrogen-bond acceptors (Lipinski definition) is 4. The smallest absolute Gasteiger partial charge is 0.252 e. The van der Waals surface area contributed by atoms with Gasteiger partial charge in [-0.25, -0.2) is 4.98 Å². The molecule has 0 fully saturated rings. The molecule has 0 aliphatic heterocycles. The van der Waals surface area contributed by atoms with Crippen LogP contribution >= 0.6 is 15.9 Å². The first kappa shape index (κ1) is 17.3. The fourth-order valence-electron chi connectivity index (χ4n) is 2.60. The number of rotatable bonds is 5. The number of methoxy groups -OCH3 is 1. The van der Waals surface area contributed by atoms with Crippen molar-refractivity contribution in [2.24, 2.45) is 5.73 Å². The van der Waals surface area contributed by atoms with E-state index in [1.165, 1.54) is 0 Å². The van der Waals surface area contributed by atoms with Gasteiger partial charge in [-0.2, -0.15) is 0 Å². The highest BCUT2D eigenvalue weighted by atomic mass is 79.9. The Balaban J connectivity index is 2.44. The summed E-state index contributed by atoms with van der Waals surface area (Å²) in [6.45, 7) is 4.30. The molecule has 0 spiro atoms. The number of anilines is 1. The fourth-order valence-corrected chi connectivity index (χ4v) is 3.01. The van der Waals surface area contributed by atoms with Gasteiger partial charge in [-0.1, -0.05) is 15.9 Å². The van der Waals surface area contributed by atoms with E-state index in [1.54, 1.807) is 7.11 Å². The molecule has 5 nitrogen and oxygen atoms in total. The zero-order valence-electron chi connectivity index (χ0n) is 13.7. The SMILES string of the molecule is COc1ccc(Br)cc1CN(C)c1nc(C)cc(C)c1C(N)=O. The minimum Gasteiger partial charge on any atom is -0.496 e. The molecule has 1 amide bonds. The second kappa shape index (κ2) is 7.00. The van der Waals surface area contributed by atoms with Gasteiger partial charge in [0.2, 0.25) is 0 Å². The van der Waals surface area contributed by atoms with E-state index in [-0.39, 0.29) is 0 Å². The number of carbonyl (C=O) groups excluding carboxylic acids is 1. The fraction of sp³-hybridized carbons (Fsp3) is 0.294. The van der Waals surface area contributed by atoms with Gasteiger partial charge in [0.15, 0.2) is 0 Å². The number of pyridine rings is 1. The number of amides is 1. The van der Waals surface area contributed by atoms with Gasteiger partial charge in [-0.3, -0.25) is 4.79 Å². The molecular formula is C17H20BrN3O2. The van der Waals surface area contributed by atoms with Crippen molar-refractivity contribution in [3.63, 3.8) is 0 Å². The first-order valence-electron chi connectivity index (χ1n) is 7.15. The zero-order chi connectivity index (χ0) is 17.1. The van der Waals surface area contributed by atoms with Crippen molar-refractivity contribution in [2.45, 2.75) is 20.4 Å². The predicted molar refractivity (Wildman–Crippen MR) is 95.0 cm³/mol. The number of ether oxygens (including phenoxy) is 1. The van der Waals surface area contributed by atoms with Crippen LogP contribution in [0.4, 0.5) is 5.82 Å². The highest BCUT2D eigenvalue weighted by Crippen LogP contribution is 2.27. The molecule has 2 N–H and O–H groups in total. The molecule has 122 valence electrons. The molecule has 2 rings (SSSR count). The minimum atomic E-state index is -0.474. The van der Waals surface area contributed by atoms with E-state index >= 15 is 0 Å². The number of benzene rings is 1. The van der Waals surface area contributed by atoms with Crippen LogP contribution in [0.3, 0.4) is 0 Å². The second-order valence-corrected chi connectivity index (χ2v) is 6.37. The molecule has 0 bridgehead atoms. The molecule has 2 aromatic rings. The first-order chi connectivity index (χ1) is 10.8. The molecule has 0 saturated carbocycles. The Morgan fingerprint density at radius 1 is 1.35 bits per heavy atom. The van der Waals surface area contributed by atoms with Gasteiger partial charge in [0, 0.05) is 29.3 Å². The summed E-state index contributed by atoms with van der Waals surface area (Å²) >= 11 is 3.47. The van der Waals surface area contributed by atoms with Crippen LogP contribution in [0.2, 0.25) is 0 Å². The van der Waals surface area contributed by atoms with E-state index in [0.717, 1.165) is 27.0 Å². The third kappa shape index (κ3) is 3.82. The first-order valence-corrected chi connectivity index (χ1v) is 7.94. The molecule has 1 aromatic carbocycles. The van der Waals surface area contributed by atoms with Crippen LogP contribution in [0, 0.1) is 13.8 Å². The van der Waals surface area contributed by atoms with Crippen LogP contribution in [-0.2, 0) is 6.54 Å². The van der Waals surface area contributed by atoms with E-state index in [0.29, 0.717) is 17.9 Å². The predicted octanol–water partition coefficient (Wildman–Crippen LogP) is 3.20. The molecule has 0 radical (unpaired) electrons. The summed E-state index contributed by atoms with van der Waals surface area (Å²) in [4.78, 5) is 18.2. The van der Waals surface area contributed by atoms with E-state index in [2.05, 4.69) is 20.9 Å². The molecule has 0 saturated heterocycles. The van der Waals surface area contributed by atoms with Crippen molar-refractivity contribution in [1.82, 2.24) is 4.98 Å². The van der Waals surface area contributed by atoms with Crippen LogP contribution < -0.4 is 15.4 Å². The van der Waals surface area contributed by atoms with Gasteiger partial charge >= 0.3 is 0 Å². The summed E-state index contributed by atoms with van der Waals surface area (Å²) in [5.41, 5.74) is 8.65. The molecule has 1 heterocycles. The molecule has 0 aliphatic carbocycles. The minimum absolute atomic E-state index is 0.451. The van der Waals surface area contributed by atoms with Crippen LogP contribution in [-0.4, -0.2) is 25.0 Å². The lowest BCUT2D eigenvalue weighted by atomic mass is 10.1. The monoisotopic (exact) mass is 377 g/mol. The highest BCUT2D eigenvalue weighted by Gasteiger charge is 2.18. The summed E-state index contributed by atoms with van der Waals surface area (Å²) in [7, 11) is 3.52. The quantitative estimate of drug-likeness (QED) is 0.868. The number of carbonyl (C=O) groups is 1. The molecule has 23 heavy (non-hydrogen) atoms. The topological polar surface area (TPSA) is 68.4 Å². The van der Waals surface area contributed by atoms with Gasteiger partial charge < -0.3 is 15.4 Å². The standard InChI is InChI=1S/C17H20BrN3O2/c1-10-7-11(2)20-17(15(10)16(19)22)21(3)9-12-8-13(18)5-6-14(12)23-4/h5-8H,9H2,1-4H3,(H2,19,22). The second-order valence-electron chi connectivity index (χ2n) is 5.46. The molecule has 1 aromatic heterocycles. The Labute approximate surface area is 144 Å². The van der Waals surface area contributed by atoms with E-state index in [4.69, 9.17) is 10.5 Å².